The van der Waals surface area contributed by atoms with Crippen molar-refractivity contribution in [2.75, 3.05) is 13.7 Å². The first kappa shape index (κ1) is 15.2. The van der Waals surface area contributed by atoms with E-state index in [-0.39, 0.29) is 27.9 Å². The number of esters is 1. The number of rotatable bonds is 5. The molecule has 0 spiro atoms. The van der Waals surface area contributed by atoms with Crippen molar-refractivity contribution in [2.45, 2.75) is 25.9 Å². The molecule has 18 heavy (non-hydrogen) atoms. The predicted molar refractivity (Wildman–Crippen MR) is 70.2 cm³/mol. The third-order valence-electron chi connectivity index (χ3n) is 2.53. The van der Waals surface area contributed by atoms with Crippen molar-refractivity contribution in [3.63, 3.8) is 0 Å². The number of ether oxygens (including phenoxy) is 2. The summed E-state index contributed by atoms with van der Waals surface area (Å²) in [7, 11) is 1.61. The van der Waals surface area contributed by atoms with Crippen LogP contribution in [-0.4, -0.2) is 30.3 Å². The molecule has 0 atom stereocenters. The van der Waals surface area contributed by atoms with Crippen molar-refractivity contribution in [1.29, 1.82) is 0 Å². The van der Waals surface area contributed by atoms with Gasteiger partial charge >= 0.3 is 5.97 Å². The first-order valence-electron chi connectivity index (χ1n) is 5.39. The van der Waals surface area contributed by atoms with Crippen LogP contribution in [0.1, 0.15) is 30.6 Å². The minimum absolute atomic E-state index is 0.198. The molecule has 0 aliphatic rings. The van der Waals surface area contributed by atoms with Crippen LogP contribution in [-0.2, 0) is 9.47 Å². The first-order valence-corrected chi connectivity index (χ1v) is 6.14. The molecule has 1 rings (SSSR count). The van der Waals surface area contributed by atoms with Crippen LogP contribution < -0.4 is 0 Å². The van der Waals surface area contributed by atoms with Gasteiger partial charge in [0.2, 0.25) is 0 Å². The van der Waals surface area contributed by atoms with Gasteiger partial charge in [-0.3, -0.25) is 0 Å². The van der Waals surface area contributed by atoms with E-state index in [2.05, 4.69) is 4.98 Å². The SMILES string of the molecule is COC(C)(C)CCOC(=O)c1cc(Cl)ncc1Cl. The van der Waals surface area contributed by atoms with E-state index in [1.54, 1.807) is 7.11 Å². The van der Waals surface area contributed by atoms with Gasteiger partial charge < -0.3 is 9.47 Å². The lowest BCUT2D eigenvalue weighted by Gasteiger charge is -2.22. The molecule has 0 fully saturated rings. The van der Waals surface area contributed by atoms with Crippen LogP contribution in [0.2, 0.25) is 10.2 Å². The van der Waals surface area contributed by atoms with E-state index in [9.17, 15) is 4.79 Å². The molecule has 1 heterocycles. The molecule has 1 aromatic rings. The number of aromatic nitrogens is 1. The van der Waals surface area contributed by atoms with Crippen molar-refractivity contribution in [3.05, 3.63) is 28.0 Å². The Morgan fingerprint density at radius 2 is 2.11 bits per heavy atom. The maximum atomic E-state index is 11.8. The molecule has 0 saturated carbocycles. The van der Waals surface area contributed by atoms with E-state index in [4.69, 9.17) is 32.7 Å². The first-order chi connectivity index (χ1) is 8.35. The highest BCUT2D eigenvalue weighted by molar-refractivity contribution is 6.34. The van der Waals surface area contributed by atoms with Gasteiger partial charge in [0.15, 0.2) is 0 Å². The van der Waals surface area contributed by atoms with Crippen LogP contribution in [0, 0.1) is 0 Å². The molecule has 0 aliphatic heterocycles. The normalized spacial score (nSPS) is 11.4. The van der Waals surface area contributed by atoms with Crippen molar-refractivity contribution < 1.29 is 14.3 Å². The Bertz CT molecular complexity index is 435. The van der Waals surface area contributed by atoms with Crippen LogP contribution in [0.15, 0.2) is 12.3 Å². The molecular weight excluding hydrogens is 277 g/mol. The van der Waals surface area contributed by atoms with E-state index < -0.39 is 5.97 Å². The van der Waals surface area contributed by atoms with Gasteiger partial charge in [-0.05, 0) is 19.9 Å². The quantitative estimate of drug-likeness (QED) is 0.616. The molecule has 100 valence electrons. The van der Waals surface area contributed by atoms with Gasteiger partial charge in [-0.15, -0.1) is 0 Å². The van der Waals surface area contributed by atoms with E-state index in [1.165, 1.54) is 12.3 Å². The summed E-state index contributed by atoms with van der Waals surface area (Å²) in [4.78, 5) is 15.5. The number of carbonyl (C=O) groups is 1. The van der Waals surface area contributed by atoms with Crippen molar-refractivity contribution in [1.82, 2.24) is 4.98 Å². The van der Waals surface area contributed by atoms with Gasteiger partial charge in [0, 0.05) is 19.7 Å². The molecule has 6 heteroatoms. The fraction of sp³-hybridized carbons (Fsp3) is 0.500. The second kappa shape index (κ2) is 6.36. The Labute approximate surface area is 116 Å². The maximum Gasteiger partial charge on any atom is 0.339 e. The number of halogens is 2. The number of hydrogen-bond donors (Lipinski definition) is 0. The van der Waals surface area contributed by atoms with Crippen LogP contribution in [0.3, 0.4) is 0 Å². The van der Waals surface area contributed by atoms with Crippen LogP contribution in [0.4, 0.5) is 0 Å². The highest BCUT2D eigenvalue weighted by Crippen LogP contribution is 2.19. The van der Waals surface area contributed by atoms with Gasteiger partial charge in [0.25, 0.3) is 0 Å². The molecule has 0 bridgehead atoms. The summed E-state index contributed by atoms with van der Waals surface area (Å²) in [6.07, 6.45) is 1.91. The van der Waals surface area contributed by atoms with Gasteiger partial charge in [0.05, 0.1) is 22.8 Å². The van der Waals surface area contributed by atoms with Crippen LogP contribution >= 0.6 is 23.2 Å². The highest BCUT2D eigenvalue weighted by Gasteiger charge is 2.18. The van der Waals surface area contributed by atoms with Gasteiger partial charge in [-0.2, -0.15) is 0 Å². The minimum Gasteiger partial charge on any atom is -0.462 e. The topological polar surface area (TPSA) is 48.4 Å². The summed E-state index contributed by atoms with van der Waals surface area (Å²) in [5.74, 6) is -0.517. The lowest BCUT2D eigenvalue weighted by Crippen LogP contribution is -2.25. The second-order valence-electron chi connectivity index (χ2n) is 4.34. The Balaban J connectivity index is 2.58. The highest BCUT2D eigenvalue weighted by atomic mass is 35.5. The van der Waals surface area contributed by atoms with Crippen molar-refractivity contribution >= 4 is 29.2 Å². The zero-order chi connectivity index (χ0) is 13.8. The van der Waals surface area contributed by atoms with Gasteiger partial charge in [0.1, 0.15) is 5.15 Å². The number of methoxy groups -OCH3 is 1. The molecule has 0 radical (unpaired) electrons. The average Bonchev–Trinajstić information content (AvgIpc) is 2.32. The summed E-state index contributed by atoms with van der Waals surface area (Å²) >= 11 is 11.5. The number of nitrogens with zero attached hydrogens (tertiary/aromatic N) is 1. The van der Waals surface area contributed by atoms with E-state index in [0.717, 1.165) is 0 Å². The Hall–Kier alpha value is -0.840. The molecular formula is C12H15Cl2NO3. The monoisotopic (exact) mass is 291 g/mol. The van der Waals surface area contributed by atoms with Crippen molar-refractivity contribution in [3.8, 4) is 0 Å². The maximum absolute atomic E-state index is 11.8. The standard InChI is InChI=1S/C12H15Cl2NO3/c1-12(2,17-3)4-5-18-11(16)8-6-10(14)15-7-9(8)13/h6-7H,4-5H2,1-3H3. The van der Waals surface area contributed by atoms with E-state index >= 15 is 0 Å². The molecule has 0 aliphatic carbocycles. The zero-order valence-electron chi connectivity index (χ0n) is 10.5. The van der Waals surface area contributed by atoms with E-state index in [1.807, 2.05) is 13.8 Å². The number of carbonyl (C=O) groups excluding carboxylic acids is 1. The third-order valence-corrected chi connectivity index (χ3v) is 3.04. The Kier molecular flexibility index (Phi) is 5.38. The zero-order valence-corrected chi connectivity index (χ0v) is 12.0. The lowest BCUT2D eigenvalue weighted by molar-refractivity contribution is -0.00563. The van der Waals surface area contributed by atoms with Crippen LogP contribution in [0.25, 0.3) is 0 Å². The fourth-order valence-electron chi connectivity index (χ4n) is 1.14. The van der Waals surface area contributed by atoms with E-state index in [0.29, 0.717) is 6.42 Å². The fourth-order valence-corrected chi connectivity index (χ4v) is 1.48. The minimum atomic E-state index is -0.517. The Morgan fingerprint density at radius 1 is 1.44 bits per heavy atom. The molecule has 0 unspecified atom stereocenters. The summed E-state index contributed by atoms with van der Waals surface area (Å²) in [5.41, 5.74) is -0.119. The lowest BCUT2D eigenvalue weighted by atomic mass is 10.1. The summed E-state index contributed by atoms with van der Waals surface area (Å²) in [6.45, 7) is 4.07. The largest absolute Gasteiger partial charge is 0.462 e. The summed E-state index contributed by atoms with van der Waals surface area (Å²) < 4.78 is 10.3. The van der Waals surface area contributed by atoms with Crippen molar-refractivity contribution in [2.24, 2.45) is 0 Å². The Morgan fingerprint density at radius 3 is 2.72 bits per heavy atom. The molecule has 0 amide bonds. The second-order valence-corrected chi connectivity index (χ2v) is 5.13. The molecule has 0 aromatic carbocycles. The molecule has 1 aromatic heterocycles. The molecule has 0 N–H and O–H groups in total. The molecule has 4 nitrogen and oxygen atoms in total. The third kappa shape index (κ3) is 4.44. The molecule has 0 saturated heterocycles. The van der Waals surface area contributed by atoms with Crippen LogP contribution in [0.5, 0.6) is 0 Å². The number of hydrogen-bond acceptors (Lipinski definition) is 4. The average molecular weight is 292 g/mol. The predicted octanol–water partition coefficient (Wildman–Crippen LogP) is 3.36. The number of pyridine rings is 1. The summed E-state index contributed by atoms with van der Waals surface area (Å²) in [6, 6.07) is 1.38. The van der Waals surface area contributed by atoms with Gasteiger partial charge in [-0.25, -0.2) is 9.78 Å². The van der Waals surface area contributed by atoms with Gasteiger partial charge in [-0.1, -0.05) is 23.2 Å². The smallest absolute Gasteiger partial charge is 0.339 e. The summed E-state index contributed by atoms with van der Waals surface area (Å²) in [5, 5.41) is 0.416.